The minimum absolute atomic E-state index is 0.732. The number of benzene rings is 1. The van der Waals surface area contributed by atoms with Crippen LogP contribution in [0, 0.1) is 19.8 Å². The molecule has 1 aliphatic heterocycles. The quantitative estimate of drug-likeness (QED) is 0.767. The highest BCUT2D eigenvalue weighted by atomic mass is 14.9. The van der Waals surface area contributed by atoms with Crippen molar-refractivity contribution in [1.82, 2.24) is 0 Å². The van der Waals surface area contributed by atoms with Crippen LogP contribution in [0.15, 0.2) is 12.1 Å². The van der Waals surface area contributed by atoms with Crippen molar-refractivity contribution in [2.75, 3.05) is 11.9 Å². The van der Waals surface area contributed by atoms with Crippen molar-refractivity contribution in [3.05, 3.63) is 28.8 Å². The third-order valence-corrected chi connectivity index (χ3v) is 4.43. The second-order valence-electron chi connectivity index (χ2n) is 5.84. The summed E-state index contributed by atoms with van der Waals surface area (Å²) in [6, 6.07) is 4.70. The molecule has 0 bridgehead atoms. The van der Waals surface area contributed by atoms with Gasteiger partial charge in [-0.05, 0) is 37.3 Å². The zero-order chi connectivity index (χ0) is 13.1. The van der Waals surface area contributed by atoms with Gasteiger partial charge in [-0.3, -0.25) is 0 Å². The molecule has 0 fully saturated rings. The van der Waals surface area contributed by atoms with E-state index in [4.69, 9.17) is 0 Å². The molecule has 1 aromatic carbocycles. The average molecular weight is 245 g/mol. The summed E-state index contributed by atoms with van der Waals surface area (Å²) in [5.74, 6) is 1.58. The maximum absolute atomic E-state index is 3.64. The van der Waals surface area contributed by atoms with Crippen LogP contribution in [0.4, 0.5) is 5.69 Å². The van der Waals surface area contributed by atoms with Gasteiger partial charge < -0.3 is 5.32 Å². The molecule has 2 rings (SSSR count). The lowest BCUT2D eigenvalue weighted by molar-refractivity contribution is 0.389. The minimum Gasteiger partial charge on any atom is -0.384 e. The summed E-state index contributed by atoms with van der Waals surface area (Å²) >= 11 is 0. The Morgan fingerprint density at radius 2 is 2.06 bits per heavy atom. The molecule has 1 aliphatic rings. The summed E-state index contributed by atoms with van der Waals surface area (Å²) in [7, 11) is 0. The van der Waals surface area contributed by atoms with E-state index in [0.29, 0.717) is 0 Å². The minimum atomic E-state index is 0.732. The van der Waals surface area contributed by atoms with E-state index in [1.807, 2.05) is 0 Å². The number of hydrogen-bond acceptors (Lipinski definition) is 1. The first-order valence-electron chi connectivity index (χ1n) is 7.52. The summed E-state index contributed by atoms with van der Waals surface area (Å²) in [6.45, 7) is 10.2. The molecule has 1 heterocycles. The smallest absolute Gasteiger partial charge is 0.0406 e. The first-order chi connectivity index (χ1) is 8.67. The Morgan fingerprint density at radius 1 is 1.28 bits per heavy atom. The van der Waals surface area contributed by atoms with Crippen LogP contribution in [0.3, 0.4) is 0 Å². The lowest BCUT2D eigenvalue weighted by atomic mass is 9.82. The standard InChI is InChI=1S/C17H27N/c1-5-7-8-14(6-2)16-11-18-17-13(4)9-12(3)10-15(16)17/h9-10,14,16,18H,5-8,11H2,1-4H3. The number of aryl methyl sites for hydroxylation is 2. The molecule has 1 nitrogen and oxygen atoms in total. The molecular weight excluding hydrogens is 218 g/mol. The van der Waals surface area contributed by atoms with Crippen LogP contribution in [0.25, 0.3) is 0 Å². The second-order valence-corrected chi connectivity index (χ2v) is 5.84. The fraction of sp³-hybridized carbons (Fsp3) is 0.647. The monoisotopic (exact) mass is 245 g/mol. The summed E-state index contributed by atoms with van der Waals surface area (Å²) in [5, 5.41) is 3.64. The van der Waals surface area contributed by atoms with Gasteiger partial charge in [0.05, 0.1) is 0 Å². The lowest BCUT2D eigenvalue weighted by Gasteiger charge is -2.22. The number of fused-ring (bicyclic) bond motifs is 1. The topological polar surface area (TPSA) is 12.0 Å². The molecule has 2 atom stereocenters. The Morgan fingerprint density at radius 3 is 2.72 bits per heavy atom. The highest BCUT2D eigenvalue weighted by Gasteiger charge is 2.29. The second kappa shape index (κ2) is 5.77. The summed E-state index contributed by atoms with van der Waals surface area (Å²) in [6.07, 6.45) is 5.37. The molecule has 0 saturated heterocycles. The lowest BCUT2D eigenvalue weighted by Crippen LogP contribution is -2.14. The first-order valence-corrected chi connectivity index (χ1v) is 7.52. The van der Waals surface area contributed by atoms with Gasteiger partial charge in [0.25, 0.3) is 0 Å². The van der Waals surface area contributed by atoms with E-state index in [2.05, 4.69) is 45.1 Å². The Hall–Kier alpha value is -0.980. The van der Waals surface area contributed by atoms with Crippen molar-refractivity contribution in [2.45, 2.75) is 59.3 Å². The molecule has 2 unspecified atom stereocenters. The number of rotatable bonds is 5. The summed E-state index contributed by atoms with van der Waals surface area (Å²) in [5.41, 5.74) is 5.82. The Bertz CT molecular complexity index is 408. The van der Waals surface area contributed by atoms with E-state index in [9.17, 15) is 0 Å². The van der Waals surface area contributed by atoms with Crippen LogP contribution in [0.1, 0.15) is 62.1 Å². The van der Waals surface area contributed by atoms with Gasteiger partial charge in [0, 0.05) is 18.2 Å². The molecule has 1 N–H and O–H groups in total. The van der Waals surface area contributed by atoms with Gasteiger partial charge in [0.1, 0.15) is 0 Å². The maximum atomic E-state index is 3.64. The Labute approximate surface area is 112 Å². The zero-order valence-electron chi connectivity index (χ0n) is 12.3. The van der Waals surface area contributed by atoms with Gasteiger partial charge in [-0.1, -0.05) is 50.8 Å². The van der Waals surface area contributed by atoms with E-state index < -0.39 is 0 Å². The SMILES string of the molecule is CCCCC(CC)C1CNc2c(C)cc(C)cc21. The van der Waals surface area contributed by atoms with E-state index in [1.165, 1.54) is 42.5 Å². The molecule has 0 spiro atoms. The zero-order valence-corrected chi connectivity index (χ0v) is 12.3. The van der Waals surface area contributed by atoms with Crippen molar-refractivity contribution in [3.63, 3.8) is 0 Å². The van der Waals surface area contributed by atoms with E-state index in [1.54, 1.807) is 5.56 Å². The van der Waals surface area contributed by atoms with Crippen molar-refractivity contribution >= 4 is 5.69 Å². The van der Waals surface area contributed by atoms with Crippen molar-refractivity contribution in [1.29, 1.82) is 0 Å². The molecule has 0 aliphatic carbocycles. The van der Waals surface area contributed by atoms with Gasteiger partial charge in [-0.25, -0.2) is 0 Å². The van der Waals surface area contributed by atoms with Gasteiger partial charge in [0.2, 0.25) is 0 Å². The predicted molar refractivity (Wildman–Crippen MR) is 80.5 cm³/mol. The number of unbranched alkanes of at least 4 members (excludes halogenated alkanes) is 1. The van der Waals surface area contributed by atoms with Crippen molar-refractivity contribution in [2.24, 2.45) is 5.92 Å². The van der Waals surface area contributed by atoms with Gasteiger partial charge in [0.15, 0.2) is 0 Å². The molecule has 18 heavy (non-hydrogen) atoms. The van der Waals surface area contributed by atoms with E-state index >= 15 is 0 Å². The first kappa shape index (κ1) is 13.5. The van der Waals surface area contributed by atoms with Crippen LogP contribution in [0.5, 0.6) is 0 Å². The van der Waals surface area contributed by atoms with Gasteiger partial charge >= 0.3 is 0 Å². The summed E-state index contributed by atoms with van der Waals surface area (Å²) < 4.78 is 0. The van der Waals surface area contributed by atoms with Gasteiger partial charge in [-0.15, -0.1) is 0 Å². The summed E-state index contributed by atoms with van der Waals surface area (Å²) in [4.78, 5) is 0. The molecule has 0 radical (unpaired) electrons. The van der Waals surface area contributed by atoms with Crippen LogP contribution in [0.2, 0.25) is 0 Å². The number of nitrogens with one attached hydrogen (secondary N) is 1. The molecule has 1 heteroatoms. The number of hydrogen-bond donors (Lipinski definition) is 1. The van der Waals surface area contributed by atoms with E-state index in [-0.39, 0.29) is 0 Å². The molecule has 1 aromatic rings. The number of anilines is 1. The fourth-order valence-corrected chi connectivity index (χ4v) is 3.43. The molecule has 0 saturated carbocycles. The predicted octanol–water partition coefficient (Wildman–Crippen LogP) is 5.03. The van der Waals surface area contributed by atoms with Gasteiger partial charge in [-0.2, -0.15) is 0 Å². The van der Waals surface area contributed by atoms with Crippen molar-refractivity contribution in [3.8, 4) is 0 Å². The largest absolute Gasteiger partial charge is 0.384 e. The van der Waals surface area contributed by atoms with Crippen LogP contribution >= 0.6 is 0 Å². The van der Waals surface area contributed by atoms with Crippen LogP contribution in [-0.4, -0.2) is 6.54 Å². The van der Waals surface area contributed by atoms with E-state index in [0.717, 1.165) is 18.4 Å². The highest BCUT2D eigenvalue weighted by molar-refractivity contribution is 5.64. The average Bonchev–Trinajstić information content (AvgIpc) is 2.74. The molecule has 0 aromatic heterocycles. The van der Waals surface area contributed by atoms with Crippen LogP contribution < -0.4 is 5.32 Å². The fourth-order valence-electron chi connectivity index (χ4n) is 3.43. The van der Waals surface area contributed by atoms with Crippen molar-refractivity contribution < 1.29 is 0 Å². The van der Waals surface area contributed by atoms with Crippen LogP contribution in [-0.2, 0) is 0 Å². The normalized spacial score (nSPS) is 19.4. The maximum Gasteiger partial charge on any atom is 0.0406 e. The third kappa shape index (κ3) is 2.55. The highest BCUT2D eigenvalue weighted by Crippen LogP contribution is 2.41. The molecular formula is C17H27N. The molecule has 100 valence electrons. The Balaban J connectivity index is 2.24. The third-order valence-electron chi connectivity index (χ3n) is 4.43. The Kier molecular flexibility index (Phi) is 4.31. The molecule has 0 amide bonds.